The van der Waals surface area contributed by atoms with Crippen LogP contribution in [0.5, 0.6) is 0 Å². The summed E-state index contributed by atoms with van der Waals surface area (Å²) in [7, 11) is 2.04. The van der Waals surface area contributed by atoms with Gasteiger partial charge < -0.3 is 14.8 Å². The average Bonchev–Trinajstić information content (AvgIpc) is 2.90. The van der Waals surface area contributed by atoms with Gasteiger partial charge in [0.1, 0.15) is 0 Å². The van der Waals surface area contributed by atoms with Crippen molar-refractivity contribution < 1.29 is 0 Å². The summed E-state index contributed by atoms with van der Waals surface area (Å²) in [6, 6.07) is 0. The minimum absolute atomic E-state index is 0.828. The van der Waals surface area contributed by atoms with E-state index in [2.05, 4.69) is 26.7 Å². The van der Waals surface area contributed by atoms with Crippen LogP contribution < -0.4 is 5.32 Å². The largest absolute Gasteiger partial charge is 0.337 e. The zero-order valence-electron chi connectivity index (χ0n) is 11.0. The van der Waals surface area contributed by atoms with Crippen LogP contribution in [0.4, 0.5) is 0 Å². The quantitative estimate of drug-likeness (QED) is 0.807. The number of likely N-dealkylation sites (tertiary alicyclic amines) is 1. The molecule has 1 atom stereocenters. The number of hydrogen-bond donors (Lipinski definition) is 1. The van der Waals surface area contributed by atoms with Gasteiger partial charge in [-0.05, 0) is 38.4 Å². The van der Waals surface area contributed by atoms with Gasteiger partial charge in [0.15, 0.2) is 0 Å². The van der Waals surface area contributed by atoms with Gasteiger partial charge in [-0.1, -0.05) is 6.92 Å². The number of nitrogens with one attached hydrogen (secondary N) is 1. The third-order valence-electron chi connectivity index (χ3n) is 3.57. The molecule has 0 radical (unpaired) electrons. The van der Waals surface area contributed by atoms with Crippen molar-refractivity contribution in [3.8, 4) is 0 Å². The summed E-state index contributed by atoms with van der Waals surface area (Å²) in [5.74, 6) is 0.828. The SMILES string of the molecule is CCCN1CC[C@H](CNCc2cncn2C)C1. The van der Waals surface area contributed by atoms with E-state index in [1.165, 1.54) is 38.2 Å². The van der Waals surface area contributed by atoms with Crippen LogP contribution in [0.25, 0.3) is 0 Å². The molecule has 1 N–H and O–H groups in total. The molecular weight excluding hydrogens is 212 g/mol. The van der Waals surface area contributed by atoms with E-state index in [1.807, 2.05) is 19.6 Å². The van der Waals surface area contributed by atoms with Gasteiger partial charge in [0, 0.05) is 26.3 Å². The number of rotatable bonds is 6. The molecule has 0 amide bonds. The maximum absolute atomic E-state index is 4.12. The summed E-state index contributed by atoms with van der Waals surface area (Å²) >= 11 is 0. The highest BCUT2D eigenvalue weighted by Crippen LogP contribution is 2.15. The van der Waals surface area contributed by atoms with E-state index in [0.29, 0.717) is 0 Å². The van der Waals surface area contributed by atoms with E-state index >= 15 is 0 Å². The minimum atomic E-state index is 0.828. The Balaban J connectivity index is 1.65. The summed E-state index contributed by atoms with van der Waals surface area (Å²) in [5, 5.41) is 3.55. The molecule has 1 fully saturated rings. The Labute approximate surface area is 104 Å². The first-order valence-electron chi connectivity index (χ1n) is 6.68. The molecule has 2 heterocycles. The van der Waals surface area contributed by atoms with Crippen molar-refractivity contribution in [2.45, 2.75) is 26.3 Å². The zero-order valence-corrected chi connectivity index (χ0v) is 11.0. The molecule has 1 aliphatic heterocycles. The van der Waals surface area contributed by atoms with Crippen molar-refractivity contribution in [2.75, 3.05) is 26.2 Å². The second-order valence-electron chi connectivity index (χ2n) is 5.08. The molecule has 1 aromatic rings. The lowest BCUT2D eigenvalue weighted by Gasteiger charge is -2.15. The molecule has 1 aliphatic rings. The fourth-order valence-corrected chi connectivity index (χ4v) is 2.56. The lowest BCUT2D eigenvalue weighted by atomic mass is 10.1. The average molecular weight is 236 g/mol. The normalized spacial score (nSPS) is 21.2. The van der Waals surface area contributed by atoms with Crippen molar-refractivity contribution in [2.24, 2.45) is 13.0 Å². The molecule has 0 spiro atoms. The first kappa shape index (κ1) is 12.6. The molecule has 1 saturated heterocycles. The summed E-state index contributed by atoms with van der Waals surface area (Å²) in [4.78, 5) is 6.70. The van der Waals surface area contributed by atoms with E-state index in [-0.39, 0.29) is 0 Å². The molecule has 0 unspecified atom stereocenters. The molecule has 0 saturated carbocycles. The molecule has 4 heteroatoms. The van der Waals surface area contributed by atoms with Gasteiger partial charge >= 0.3 is 0 Å². The Hall–Kier alpha value is -0.870. The van der Waals surface area contributed by atoms with Gasteiger partial charge in [0.25, 0.3) is 0 Å². The van der Waals surface area contributed by atoms with Gasteiger partial charge in [0.2, 0.25) is 0 Å². The van der Waals surface area contributed by atoms with E-state index < -0.39 is 0 Å². The third kappa shape index (κ3) is 3.54. The number of aryl methyl sites for hydroxylation is 1. The van der Waals surface area contributed by atoms with E-state index in [0.717, 1.165) is 19.0 Å². The second-order valence-corrected chi connectivity index (χ2v) is 5.08. The Morgan fingerprint density at radius 3 is 3.12 bits per heavy atom. The molecule has 2 rings (SSSR count). The van der Waals surface area contributed by atoms with Crippen molar-refractivity contribution >= 4 is 0 Å². The minimum Gasteiger partial charge on any atom is -0.337 e. The van der Waals surface area contributed by atoms with Gasteiger partial charge in [-0.15, -0.1) is 0 Å². The Morgan fingerprint density at radius 2 is 2.41 bits per heavy atom. The summed E-state index contributed by atoms with van der Waals surface area (Å²) in [6.07, 6.45) is 6.41. The van der Waals surface area contributed by atoms with Crippen molar-refractivity contribution in [3.63, 3.8) is 0 Å². The van der Waals surface area contributed by atoms with E-state index in [1.54, 1.807) is 0 Å². The fraction of sp³-hybridized carbons (Fsp3) is 0.769. The molecule has 0 bridgehead atoms. The highest BCUT2D eigenvalue weighted by molar-refractivity contribution is 4.96. The number of imidazole rings is 1. The molecule has 96 valence electrons. The van der Waals surface area contributed by atoms with Crippen LogP contribution in [-0.2, 0) is 13.6 Å². The maximum Gasteiger partial charge on any atom is 0.0945 e. The summed E-state index contributed by atoms with van der Waals surface area (Å²) < 4.78 is 2.07. The van der Waals surface area contributed by atoms with Gasteiger partial charge in [-0.25, -0.2) is 4.98 Å². The van der Waals surface area contributed by atoms with Crippen LogP contribution in [0, 0.1) is 5.92 Å². The molecule has 0 aliphatic carbocycles. The molecule has 4 nitrogen and oxygen atoms in total. The summed E-state index contributed by atoms with van der Waals surface area (Å²) in [6.45, 7) is 8.14. The zero-order chi connectivity index (χ0) is 12.1. The van der Waals surface area contributed by atoms with Crippen LogP contribution >= 0.6 is 0 Å². The lowest BCUT2D eigenvalue weighted by Crippen LogP contribution is -2.27. The number of nitrogens with zero attached hydrogens (tertiary/aromatic N) is 3. The third-order valence-corrected chi connectivity index (χ3v) is 3.57. The van der Waals surface area contributed by atoms with Crippen LogP contribution in [0.2, 0.25) is 0 Å². The smallest absolute Gasteiger partial charge is 0.0945 e. The standard InChI is InChI=1S/C13H24N4/c1-3-5-17-6-4-12(10-17)7-14-8-13-9-15-11-16(13)2/h9,11-12,14H,3-8,10H2,1-2H3/t12-/m1/s1. The van der Waals surface area contributed by atoms with Gasteiger partial charge in [-0.2, -0.15) is 0 Å². The molecule has 1 aromatic heterocycles. The molecule has 0 aromatic carbocycles. The van der Waals surface area contributed by atoms with Crippen molar-refractivity contribution in [1.29, 1.82) is 0 Å². The number of aromatic nitrogens is 2. The lowest BCUT2D eigenvalue weighted by molar-refractivity contribution is 0.322. The van der Waals surface area contributed by atoms with Gasteiger partial charge in [0.05, 0.1) is 12.0 Å². The fourth-order valence-electron chi connectivity index (χ4n) is 2.56. The van der Waals surface area contributed by atoms with E-state index in [9.17, 15) is 0 Å². The highest BCUT2D eigenvalue weighted by atomic mass is 15.1. The monoisotopic (exact) mass is 236 g/mol. The van der Waals surface area contributed by atoms with E-state index in [4.69, 9.17) is 0 Å². The Bertz CT molecular complexity index is 334. The van der Waals surface area contributed by atoms with Crippen LogP contribution in [0.1, 0.15) is 25.5 Å². The van der Waals surface area contributed by atoms with Crippen LogP contribution in [-0.4, -0.2) is 40.6 Å². The second kappa shape index (κ2) is 6.17. The first-order valence-corrected chi connectivity index (χ1v) is 6.68. The Kier molecular flexibility index (Phi) is 4.57. The summed E-state index contributed by atoms with van der Waals surface area (Å²) in [5.41, 5.74) is 1.26. The Morgan fingerprint density at radius 1 is 1.53 bits per heavy atom. The van der Waals surface area contributed by atoms with Crippen molar-refractivity contribution in [1.82, 2.24) is 19.8 Å². The van der Waals surface area contributed by atoms with Gasteiger partial charge in [-0.3, -0.25) is 0 Å². The predicted octanol–water partition coefficient (Wildman–Crippen LogP) is 1.24. The topological polar surface area (TPSA) is 33.1 Å². The van der Waals surface area contributed by atoms with Crippen LogP contribution in [0.15, 0.2) is 12.5 Å². The number of hydrogen-bond acceptors (Lipinski definition) is 3. The predicted molar refractivity (Wildman–Crippen MR) is 69.8 cm³/mol. The molecular formula is C13H24N4. The van der Waals surface area contributed by atoms with Crippen molar-refractivity contribution in [3.05, 3.63) is 18.2 Å². The van der Waals surface area contributed by atoms with Crippen LogP contribution in [0.3, 0.4) is 0 Å². The molecule has 17 heavy (non-hydrogen) atoms. The highest BCUT2D eigenvalue weighted by Gasteiger charge is 2.20. The maximum atomic E-state index is 4.12. The first-order chi connectivity index (χ1) is 8.29.